The van der Waals surface area contributed by atoms with Crippen molar-refractivity contribution in [1.82, 2.24) is 0 Å². The van der Waals surface area contributed by atoms with Gasteiger partial charge in [-0.15, -0.1) is 0 Å². The van der Waals surface area contributed by atoms with Crippen LogP contribution in [0.3, 0.4) is 0 Å². The van der Waals surface area contributed by atoms with Crippen LogP contribution in [0.1, 0.15) is 26.2 Å². The van der Waals surface area contributed by atoms with E-state index in [1.54, 1.807) is 0 Å². The Bertz CT molecular complexity index is 184. The lowest BCUT2D eigenvalue weighted by molar-refractivity contribution is -0.136. The van der Waals surface area contributed by atoms with E-state index in [-0.39, 0.29) is 6.54 Å². The molecule has 2 atom stereocenters. The van der Waals surface area contributed by atoms with Gasteiger partial charge in [-0.05, 0) is 19.4 Å². The summed E-state index contributed by atoms with van der Waals surface area (Å²) in [6, 6.07) is 0. The minimum Gasteiger partial charge on any atom is -0.480 e. The highest BCUT2D eigenvalue weighted by atomic mass is 32.2. The summed E-state index contributed by atoms with van der Waals surface area (Å²) >= 11 is 0. The van der Waals surface area contributed by atoms with Crippen molar-refractivity contribution < 1.29 is 14.1 Å². The number of carboxylic acids is 1. The molecule has 0 radical (unpaired) electrons. The van der Waals surface area contributed by atoms with Crippen molar-refractivity contribution in [1.29, 1.82) is 0 Å². The number of hydrogen-bond donors (Lipinski definition) is 2. The highest BCUT2D eigenvalue weighted by molar-refractivity contribution is 7.86. The average Bonchev–Trinajstić information content (AvgIpc) is 2.09. The van der Waals surface area contributed by atoms with E-state index < -0.39 is 22.0 Å². The molecule has 13 heavy (non-hydrogen) atoms. The Balaban J connectivity index is 4.03. The molecule has 0 saturated carbocycles. The van der Waals surface area contributed by atoms with E-state index in [0.29, 0.717) is 12.2 Å². The summed E-state index contributed by atoms with van der Waals surface area (Å²) in [5.41, 5.74) is 5.24. The van der Waals surface area contributed by atoms with E-state index in [2.05, 4.69) is 0 Å². The monoisotopic (exact) mass is 207 g/mol. The Hall–Kier alpha value is -0.420. The molecule has 5 heteroatoms. The number of nitrogens with two attached hydrogens (primary N) is 1. The smallest absolute Gasteiger partial charge is 0.319 e. The van der Waals surface area contributed by atoms with Crippen molar-refractivity contribution in [2.75, 3.05) is 12.3 Å². The van der Waals surface area contributed by atoms with Gasteiger partial charge in [0.05, 0.1) is 0 Å². The second kappa shape index (κ2) is 7.03. The summed E-state index contributed by atoms with van der Waals surface area (Å²) in [4.78, 5) is 10.6. The molecule has 0 aliphatic carbocycles. The number of carboxylic acid groups (broad SMARTS) is 1. The highest BCUT2D eigenvalue weighted by Crippen LogP contribution is 2.04. The van der Waals surface area contributed by atoms with Crippen LogP contribution in [0.2, 0.25) is 0 Å². The maximum absolute atomic E-state index is 11.4. The predicted octanol–water partition coefficient (Wildman–Crippen LogP) is 0.337. The molecule has 0 fully saturated rings. The number of rotatable bonds is 7. The van der Waals surface area contributed by atoms with Crippen LogP contribution in [0.4, 0.5) is 0 Å². The number of hydrogen-bond acceptors (Lipinski definition) is 3. The van der Waals surface area contributed by atoms with Crippen molar-refractivity contribution in [3.8, 4) is 0 Å². The first-order valence-corrected chi connectivity index (χ1v) is 5.81. The third kappa shape index (κ3) is 5.00. The first kappa shape index (κ1) is 12.6. The molecule has 0 aliphatic rings. The normalized spacial score (nSPS) is 15.2. The maximum atomic E-state index is 11.4. The molecule has 0 aromatic rings. The lowest BCUT2D eigenvalue weighted by atomic mass is 10.3. The number of aliphatic carboxylic acids is 1. The minimum absolute atomic E-state index is 0.273. The van der Waals surface area contributed by atoms with Gasteiger partial charge < -0.3 is 10.8 Å². The molecule has 0 bridgehead atoms. The maximum Gasteiger partial charge on any atom is 0.319 e. The Morgan fingerprint density at radius 1 is 1.62 bits per heavy atom. The quantitative estimate of drug-likeness (QED) is 0.630. The Morgan fingerprint density at radius 3 is 2.62 bits per heavy atom. The summed E-state index contributed by atoms with van der Waals surface area (Å²) in [6.45, 7) is 2.25. The van der Waals surface area contributed by atoms with Gasteiger partial charge in [0, 0.05) is 16.6 Å². The van der Waals surface area contributed by atoms with E-state index in [0.717, 1.165) is 12.8 Å². The summed E-state index contributed by atoms with van der Waals surface area (Å²) in [7, 11) is -1.27. The molecule has 2 unspecified atom stereocenters. The fraction of sp³-hybridized carbons (Fsp3) is 0.875. The Kier molecular flexibility index (Phi) is 6.80. The number of unbranched alkanes of at least 4 members (excludes halogenated alkanes) is 1. The summed E-state index contributed by atoms with van der Waals surface area (Å²) < 4.78 is 11.4. The van der Waals surface area contributed by atoms with Gasteiger partial charge in [-0.1, -0.05) is 13.3 Å². The van der Waals surface area contributed by atoms with Crippen LogP contribution in [0.5, 0.6) is 0 Å². The van der Waals surface area contributed by atoms with E-state index in [4.69, 9.17) is 10.8 Å². The van der Waals surface area contributed by atoms with Gasteiger partial charge in [0.2, 0.25) is 0 Å². The van der Waals surface area contributed by atoms with E-state index in [1.807, 2.05) is 6.92 Å². The zero-order valence-corrected chi connectivity index (χ0v) is 8.68. The second-order valence-corrected chi connectivity index (χ2v) is 4.58. The fourth-order valence-electron chi connectivity index (χ4n) is 0.948. The van der Waals surface area contributed by atoms with E-state index in [9.17, 15) is 9.00 Å². The number of carbonyl (C=O) groups is 1. The molecule has 0 aliphatic heterocycles. The highest BCUT2D eigenvalue weighted by Gasteiger charge is 2.22. The molecule has 0 spiro atoms. The molecule has 0 heterocycles. The molecule has 0 aromatic heterocycles. The van der Waals surface area contributed by atoms with Gasteiger partial charge in [-0.2, -0.15) is 0 Å². The lowest BCUT2D eigenvalue weighted by Gasteiger charge is -2.09. The third-order valence-corrected chi connectivity index (χ3v) is 3.48. The van der Waals surface area contributed by atoms with E-state index in [1.165, 1.54) is 0 Å². The van der Waals surface area contributed by atoms with Crippen LogP contribution in [-0.4, -0.2) is 32.8 Å². The van der Waals surface area contributed by atoms with Crippen LogP contribution >= 0.6 is 0 Å². The average molecular weight is 207 g/mol. The molecule has 78 valence electrons. The lowest BCUT2D eigenvalue weighted by Crippen LogP contribution is -2.29. The molecule has 0 rings (SSSR count). The van der Waals surface area contributed by atoms with Crippen LogP contribution in [0.25, 0.3) is 0 Å². The van der Waals surface area contributed by atoms with E-state index >= 15 is 0 Å². The first-order valence-electron chi connectivity index (χ1n) is 4.43. The minimum atomic E-state index is -1.27. The topological polar surface area (TPSA) is 80.4 Å². The molecule has 0 aromatic carbocycles. The molecular weight excluding hydrogens is 190 g/mol. The molecule has 0 saturated heterocycles. The van der Waals surface area contributed by atoms with Gasteiger partial charge >= 0.3 is 5.97 Å². The second-order valence-electron chi connectivity index (χ2n) is 2.84. The Labute approximate surface area is 81.0 Å². The summed E-state index contributed by atoms with van der Waals surface area (Å²) in [5.74, 6) is -0.534. The summed E-state index contributed by atoms with van der Waals surface area (Å²) in [5, 5.41) is 7.94. The van der Waals surface area contributed by atoms with Gasteiger partial charge in [-0.25, -0.2) is 0 Å². The third-order valence-electron chi connectivity index (χ3n) is 1.72. The standard InChI is InChI=1S/C8H17NO3S/c1-2-3-6-13(12)7(4-5-9)8(10)11/h7H,2-6,9H2,1H3,(H,10,11). The van der Waals surface area contributed by atoms with Gasteiger partial charge in [0.15, 0.2) is 0 Å². The van der Waals surface area contributed by atoms with Crippen molar-refractivity contribution in [2.24, 2.45) is 5.73 Å². The van der Waals surface area contributed by atoms with Crippen LogP contribution in [0, 0.1) is 0 Å². The van der Waals surface area contributed by atoms with Crippen molar-refractivity contribution in [3.63, 3.8) is 0 Å². The molecule has 3 N–H and O–H groups in total. The van der Waals surface area contributed by atoms with Crippen LogP contribution < -0.4 is 5.73 Å². The van der Waals surface area contributed by atoms with Gasteiger partial charge in [-0.3, -0.25) is 9.00 Å². The van der Waals surface area contributed by atoms with Crippen molar-refractivity contribution in [3.05, 3.63) is 0 Å². The summed E-state index contributed by atoms with van der Waals surface area (Å²) in [6.07, 6.45) is 2.04. The van der Waals surface area contributed by atoms with Crippen LogP contribution in [0.15, 0.2) is 0 Å². The SMILES string of the molecule is CCCCS(=O)C(CCN)C(=O)O. The molecule has 4 nitrogen and oxygen atoms in total. The van der Waals surface area contributed by atoms with Crippen molar-refractivity contribution >= 4 is 16.8 Å². The first-order chi connectivity index (χ1) is 6.13. The van der Waals surface area contributed by atoms with Crippen LogP contribution in [-0.2, 0) is 15.6 Å². The predicted molar refractivity (Wildman–Crippen MR) is 53.0 cm³/mol. The fourth-order valence-corrected chi connectivity index (χ4v) is 2.43. The largest absolute Gasteiger partial charge is 0.480 e. The van der Waals surface area contributed by atoms with Gasteiger partial charge in [0.25, 0.3) is 0 Å². The van der Waals surface area contributed by atoms with Gasteiger partial charge in [0.1, 0.15) is 5.25 Å². The zero-order valence-electron chi connectivity index (χ0n) is 7.86. The molecule has 0 amide bonds. The Morgan fingerprint density at radius 2 is 2.23 bits per heavy atom. The molecular formula is C8H17NO3S. The zero-order chi connectivity index (χ0) is 10.3. The van der Waals surface area contributed by atoms with Crippen molar-refractivity contribution in [2.45, 2.75) is 31.4 Å².